The summed E-state index contributed by atoms with van der Waals surface area (Å²) in [5.74, 6) is -1.77. The monoisotopic (exact) mass is 440 g/mol. The number of aromatic nitrogens is 1. The molecule has 0 bridgehead atoms. The van der Waals surface area contributed by atoms with E-state index >= 15 is 0 Å². The summed E-state index contributed by atoms with van der Waals surface area (Å²) in [4.78, 5) is 17.7. The van der Waals surface area contributed by atoms with E-state index in [9.17, 15) is 9.18 Å². The second-order valence-corrected chi connectivity index (χ2v) is 7.00. The van der Waals surface area contributed by atoms with Crippen LogP contribution in [-0.4, -0.2) is 46.2 Å². The molecule has 1 atom stereocenters. The minimum Gasteiger partial charge on any atom is -0.365 e. The molecule has 1 aromatic heterocycles. The molecule has 27 heavy (non-hydrogen) atoms. The number of pyridine rings is 1. The van der Waals surface area contributed by atoms with Crippen LogP contribution >= 0.6 is 36.4 Å². The van der Waals surface area contributed by atoms with E-state index in [2.05, 4.69) is 15.2 Å². The predicted octanol–water partition coefficient (Wildman–Crippen LogP) is 3.82. The molecule has 1 aromatic rings. The standard InChI is InChI=1S/C17H22ClFN4O2.2ClH/c18-14-7-11(8-15(19)17(24)22-25)9-20-16(14)21-12-5-6-23(10-12)13-3-1-2-4-13;;/h7-9,12-13,25H,1-6,10H2,(H,20,21)(H,22,24);2*1H/t12-;;/m1../s1. The first kappa shape index (κ1) is 23.9. The summed E-state index contributed by atoms with van der Waals surface area (Å²) < 4.78 is 13.4. The zero-order valence-electron chi connectivity index (χ0n) is 14.7. The number of anilines is 1. The van der Waals surface area contributed by atoms with Crippen molar-refractivity contribution in [2.45, 2.75) is 44.2 Å². The number of rotatable bonds is 5. The SMILES string of the molecule is Cl.Cl.O=C(NO)C(F)=Cc1cnc(N[C@@H]2CCN(C3CCCC3)C2)c(Cl)c1. The third kappa shape index (κ3) is 6.19. The molecule has 0 unspecified atom stereocenters. The molecule has 1 amide bonds. The number of likely N-dealkylation sites (tertiary alicyclic amines) is 1. The highest BCUT2D eigenvalue weighted by molar-refractivity contribution is 6.33. The number of hydroxylamine groups is 1. The third-order valence-electron chi connectivity index (χ3n) is 4.88. The van der Waals surface area contributed by atoms with Gasteiger partial charge in [-0.05, 0) is 37.0 Å². The molecule has 0 spiro atoms. The van der Waals surface area contributed by atoms with Gasteiger partial charge in [0.25, 0.3) is 0 Å². The number of nitrogens with zero attached hydrogens (tertiary/aromatic N) is 2. The van der Waals surface area contributed by atoms with E-state index in [0.717, 1.165) is 25.6 Å². The lowest BCUT2D eigenvalue weighted by molar-refractivity contribution is -0.126. The smallest absolute Gasteiger partial charge is 0.303 e. The van der Waals surface area contributed by atoms with Gasteiger partial charge in [0.1, 0.15) is 5.82 Å². The molecule has 3 N–H and O–H groups in total. The van der Waals surface area contributed by atoms with Gasteiger partial charge in [-0.15, -0.1) is 24.8 Å². The van der Waals surface area contributed by atoms with Crippen LogP contribution in [0.2, 0.25) is 5.02 Å². The van der Waals surface area contributed by atoms with Crippen molar-refractivity contribution in [3.63, 3.8) is 0 Å². The first-order valence-corrected chi connectivity index (χ1v) is 8.92. The summed E-state index contributed by atoms with van der Waals surface area (Å²) in [6.07, 6.45) is 8.67. The first-order valence-electron chi connectivity index (χ1n) is 8.54. The summed E-state index contributed by atoms with van der Waals surface area (Å²) >= 11 is 6.23. The Morgan fingerprint density at radius 3 is 2.67 bits per heavy atom. The van der Waals surface area contributed by atoms with E-state index in [1.165, 1.54) is 43.4 Å². The quantitative estimate of drug-likeness (QED) is 0.368. The van der Waals surface area contributed by atoms with Gasteiger partial charge < -0.3 is 5.32 Å². The number of amides is 1. The minimum absolute atomic E-state index is 0. The Balaban J connectivity index is 0.00000182. The second-order valence-electron chi connectivity index (χ2n) is 6.60. The summed E-state index contributed by atoms with van der Waals surface area (Å²) in [7, 11) is 0. The Morgan fingerprint density at radius 1 is 1.33 bits per heavy atom. The predicted molar refractivity (Wildman–Crippen MR) is 109 cm³/mol. The highest BCUT2D eigenvalue weighted by Gasteiger charge is 2.30. The van der Waals surface area contributed by atoms with E-state index in [1.807, 2.05) is 0 Å². The fraction of sp³-hybridized carbons (Fsp3) is 0.529. The number of nitrogens with one attached hydrogen (secondary N) is 2. The lowest BCUT2D eigenvalue weighted by Gasteiger charge is -2.23. The molecule has 0 aromatic carbocycles. The highest BCUT2D eigenvalue weighted by atomic mass is 35.5. The van der Waals surface area contributed by atoms with Crippen LogP contribution in [0.3, 0.4) is 0 Å². The maximum Gasteiger partial charge on any atom is 0.303 e. The van der Waals surface area contributed by atoms with E-state index in [4.69, 9.17) is 16.8 Å². The molecule has 1 saturated carbocycles. The summed E-state index contributed by atoms with van der Waals surface area (Å²) in [6, 6.07) is 2.54. The number of carbonyl (C=O) groups excluding carboxylic acids is 1. The zero-order valence-corrected chi connectivity index (χ0v) is 17.0. The van der Waals surface area contributed by atoms with Gasteiger partial charge in [0.05, 0.1) is 5.02 Å². The van der Waals surface area contributed by atoms with E-state index in [1.54, 1.807) is 0 Å². The van der Waals surface area contributed by atoms with E-state index in [-0.39, 0.29) is 24.8 Å². The van der Waals surface area contributed by atoms with Gasteiger partial charge in [0.15, 0.2) is 5.83 Å². The van der Waals surface area contributed by atoms with Crippen molar-refractivity contribution in [1.29, 1.82) is 0 Å². The Labute approximate surface area is 175 Å². The van der Waals surface area contributed by atoms with Crippen molar-refractivity contribution >= 4 is 54.2 Å². The van der Waals surface area contributed by atoms with Crippen molar-refractivity contribution in [3.8, 4) is 0 Å². The third-order valence-corrected chi connectivity index (χ3v) is 5.16. The first-order chi connectivity index (χ1) is 12.1. The van der Waals surface area contributed by atoms with Crippen LogP contribution in [0.15, 0.2) is 18.1 Å². The number of hydrogen-bond acceptors (Lipinski definition) is 5. The van der Waals surface area contributed by atoms with Gasteiger partial charge in [0.2, 0.25) is 0 Å². The van der Waals surface area contributed by atoms with Gasteiger partial charge in [-0.2, -0.15) is 0 Å². The van der Waals surface area contributed by atoms with Gasteiger partial charge >= 0.3 is 5.91 Å². The Morgan fingerprint density at radius 2 is 2.04 bits per heavy atom. The van der Waals surface area contributed by atoms with Crippen LogP contribution in [0.4, 0.5) is 10.2 Å². The zero-order chi connectivity index (χ0) is 17.8. The fourth-order valence-corrected chi connectivity index (χ4v) is 3.83. The maximum absolute atomic E-state index is 13.4. The molecular formula is C17H24Cl3FN4O2. The molecule has 2 aliphatic rings. The normalized spacial score (nSPS) is 20.7. The van der Waals surface area contributed by atoms with Gasteiger partial charge in [-0.25, -0.2) is 14.9 Å². The van der Waals surface area contributed by atoms with Crippen LogP contribution in [0.25, 0.3) is 6.08 Å². The summed E-state index contributed by atoms with van der Waals surface area (Å²) in [5, 5.41) is 12.1. The highest BCUT2D eigenvalue weighted by Crippen LogP contribution is 2.29. The Hall–Kier alpha value is -1.12. The average Bonchev–Trinajstić information content (AvgIpc) is 3.27. The molecular weight excluding hydrogens is 418 g/mol. The number of carbonyl (C=O) groups is 1. The summed E-state index contributed by atoms with van der Waals surface area (Å²) in [5.41, 5.74) is 1.58. The van der Waals surface area contributed by atoms with Crippen LogP contribution in [0.1, 0.15) is 37.7 Å². The topological polar surface area (TPSA) is 77.5 Å². The van der Waals surface area contributed by atoms with Crippen molar-refractivity contribution in [2.75, 3.05) is 18.4 Å². The van der Waals surface area contributed by atoms with Gasteiger partial charge in [0, 0.05) is 31.4 Å². The molecule has 1 aliphatic carbocycles. The van der Waals surface area contributed by atoms with E-state index in [0.29, 0.717) is 28.5 Å². The second kappa shape index (κ2) is 11.0. The van der Waals surface area contributed by atoms with Gasteiger partial charge in [-0.1, -0.05) is 24.4 Å². The minimum atomic E-state index is -1.21. The van der Waals surface area contributed by atoms with Crippen molar-refractivity contribution in [1.82, 2.24) is 15.4 Å². The van der Waals surface area contributed by atoms with Crippen molar-refractivity contribution in [3.05, 3.63) is 28.7 Å². The van der Waals surface area contributed by atoms with Crippen molar-refractivity contribution in [2.24, 2.45) is 0 Å². The summed E-state index contributed by atoms with van der Waals surface area (Å²) in [6.45, 7) is 2.07. The van der Waals surface area contributed by atoms with Crippen molar-refractivity contribution < 1.29 is 14.4 Å². The molecule has 1 saturated heterocycles. The molecule has 0 radical (unpaired) electrons. The fourth-order valence-electron chi connectivity index (χ4n) is 3.60. The molecule has 10 heteroatoms. The molecule has 2 fully saturated rings. The largest absolute Gasteiger partial charge is 0.365 e. The molecule has 6 nitrogen and oxygen atoms in total. The Kier molecular flexibility index (Phi) is 9.76. The molecule has 1 aliphatic heterocycles. The van der Waals surface area contributed by atoms with Gasteiger partial charge in [-0.3, -0.25) is 14.9 Å². The Bertz CT molecular complexity index is 672. The van der Waals surface area contributed by atoms with Crippen LogP contribution < -0.4 is 10.8 Å². The average molecular weight is 442 g/mol. The van der Waals surface area contributed by atoms with E-state index < -0.39 is 11.7 Å². The van der Waals surface area contributed by atoms with Crippen LogP contribution in [0, 0.1) is 0 Å². The van der Waals surface area contributed by atoms with Crippen LogP contribution in [0.5, 0.6) is 0 Å². The number of halogens is 4. The lowest BCUT2D eigenvalue weighted by atomic mass is 10.2. The number of hydrogen-bond donors (Lipinski definition) is 3. The maximum atomic E-state index is 13.4. The lowest BCUT2D eigenvalue weighted by Crippen LogP contribution is -2.33. The molecule has 2 heterocycles. The molecule has 3 rings (SSSR count). The molecule has 152 valence electrons. The van der Waals surface area contributed by atoms with Crippen LogP contribution in [-0.2, 0) is 4.79 Å².